The number of carbonyl (C=O) groups excluding carboxylic acids is 1. The first-order valence-corrected chi connectivity index (χ1v) is 5.56. The molecule has 5 nitrogen and oxygen atoms in total. The first-order valence-electron chi connectivity index (χ1n) is 5.56. The maximum absolute atomic E-state index is 11.1. The number of Topliss-reactive ketones (excluding diaryl/α,β-unsaturated/α-hetero) is 1. The van der Waals surface area contributed by atoms with Crippen molar-refractivity contribution in [1.29, 1.82) is 5.41 Å². The molecule has 0 aromatic rings. The molecule has 17 heavy (non-hydrogen) atoms. The molecule has 2 atom stereocenters. The summed E-state index contributed by atoms with van der Waals surface area (Å²) < 4.78 is 0. The second-order valence-corrected chi connectivity index (χ2v) is 4.09. The number of nitrogens with one attached hydrogen (secondary N) is 1. The number of nitrogens with two attached hydrogens (primary N) is 1. The van der Waals surface area contributed by atoms with Crippen molar-refractivity contribution < 1.29 is 14.7 Å². The fraction of sp³-hybridized carbons (Fsp3) is 0.583. The van der Waals surface area contributed by atoms with Crippen LogP contribution in [0.1, 0.15) is 33.6 Å². The first-order chi connectivity index (χ1) is 7.79. The van der Waals surface area contributed by atoms with Gasteiger partial charge in [-0.25, -0.2) is 0 Å². The molecule has 0 aliphatic rings. The Morgan fingerprint density at radius 3 is 2.35 bits per heavy atom. The van der Waals surface area contributed by atoms with Crippen molar-refractivity contribution in [2.45, 2.75) is 39.7 Å². The Hall–Kier alpha value is -1.49. The molecule has 4 N–H and O–H groups in total. The molecule has 96 valence electrons. The molecule has 0 aromatic carbocycles. The minimum atomic E-state index is -1.06. The lowest BCUT2D eigenvalue weighted by atomic mass is 9.96. The summed E-state index contributed by atoms with van der Waals surface area (Å²) in [6.45, 7) is 4.96. The number of allylic oxidation sites excluding steroid dienone is 1. The van der Waals surface area contributed by atoms with Crippen molar-refractivity contribution in [3.8, 4) is 0 Å². The lowest BCUT2D eigenvalue weighted by Crippen LogP contribution is -2.30. The van der Waals surface area contributed by atoms with E-state index in [2.05, 4.69) is 0 Å². The van der Waals surface area contributed by atoms with Gasteiger partial charge in [0.05, 0.1) is 5.92 Å². The quantitative estimate of drug-likeness (QED) is 0.584. The van der Waals surface area contributed by atoms with Crippen LogP contribution in [0.25, 0.3) is 0 Å². The van der Waals surface area contributed by atoms with Gasteiger partial charge in [-0.05, 0) is 32.8 Å². The summed E-state index contributed by atoms with van der Waals surface area (Å²) in [6.07, 6.45) is 2.39. The molecule has 0 aromatic heterocycles. The molecule has 0 bridgehead atoms. The fourth-order valence-electron chi connectivity index (χ4n) is 1.24. The SMILES string of the molecule is CC/C(=C\C(=N)C(C)C(C)=O)CC(N)C(=O)O. The summed E-state index contributed by atoms with van der Waals surface area (Å²) >= 11 is 0. The molecule has 0 saturated carbocycles. The predicted molar refractivity (Wildman–Crippen MR) is 66.2 cm³/mol. The van der Waals surface area contributed by atoms with Crippen molar-refractivity contribution in [2.24, 2.45) is 11.7 Å². The average Bonchev–Trinajstić information content (AvgIpc) is 2.26. The zero-order valence-electron chi connectivity index (χ0n) is 10.5. The monoisotopic (exact) mass is 240 g/mol. The Bertz CT molecular complexity index is 348. The van der Waals surface area contributed by atoms with E-state index >= 15 is 0 Å². The van der Waals surface area contributed by atoms with E-state index < -0.39 is 17.9 Å². The molecular weight excluding hydrogens is 220 g/mol. The van der Waals surface area contributed by atoms with E-state index in [1.165, 1.54) is 6.92 Å². The molecule has 0 amide bonds. The Kier molecular flexibility index (Phi) is 6.35. The van der Waals surface area contributed by atoms with Gasteiger partial charge in [0.15, 0.2) is 0 Å². The third-order valence-corrected chi connectivity index (χ3v) is 2.69. The molecule has 0 rings (SSSR count). The van der Waals surface area contributed by atoms with Gasteiger partial charge in [0.25, 0.3) is 0 Å². The molecule has 0 fully saturated rings. The fourth-order valence-corrected chi connectivity index (χ4v) is 1.24. The number of hydrogen-bond acceptors (Lipinski definition) is 4. The molecule has 0 radical (unpaired) electrons. The van der Waals surface area contributed by atoms with Gasteiger partial charge in [-0.1, -0.05) is 12.5 Å². The van der Waals surface area contributed by atoms with Crippen LogP contribution >= 0.6 is 0 Å². The second kappa shape index (κ2) is 6.96. The first kappa shape index (κ1) is 15.5. The Morgan fingerprint density at radius 1 is 1.47 bits per heavy atom. The Labute approximate surface area is 101 Å². The molecular formula is C12H20N2O3. The summed E-state index contributed by atoms with van der Waals surface area (Å²) in [5.74, 6) is -1.60. The van der Waals surface area contributed by atoms with Gasteiger partial charge in [0.1, 0.15) is 11.8 Å². The third-order valence-electron chi connectivity index (χ3n) is 2.69. The lowest BCUT2D eigenvalue weighted by Gasteiger charge is -2.11. The number of rotatable bonds is 7. The van der Waals surface area contributed by atoms with E-state index in [0.29, 0.717) is 6.42 Å². The standard InChI is InChI=1S/C12H20N2O3/c1-4-9(6-11(14)12(16)17)5-10(13)7(2)8(3)15/h5,7,11,13H,4,6,14H2,1-3H3,(H,16,17)/b9-5+,13-10?. The van der Waals surface area contributed by atoms with Gasteiger partial charge in [-0.2, -0.15) is 0 Å². The smallest absolute Gasteiger partial charge is 0.320 e. The van der Waals surface area contributed by atoms with E-state index in [1.807, 2.05) is 6.92 Å². The van der Waals surface area contributed by atoms with E-state index in [0.717, 1.165) is 5.57 Å². The molecule has 2 unspecified atom stereocenters. The lowest BCUT2D eigenvalue weighted by molar-refractivity contribution is -0.138. The summed E-state index contributed by atoms with van der Waals surface area (Å²) in [7, 11) is 0. The van der Waals surface area contributed by atoms with E-state index in [4.69, 9.17) is 16.2 Å². The molecule has 0 spiro atoms. The maximum atomic E-state index is 11.1. The largest absolute Gasteiger partial charge is 0.480 e. The van der Waals surface area contributed by atoms with Crippen LogP contribution in [0.15, 0.2) is 11.6 Å². The number of carboxylic acids is 1. The summed E-state index contributed by atoms with van der Waals surface area (Å²) in [5, 5.41) is 16.4. The van der Waals surface area contributed by atoms with Gasteiger partial charge in [-0.3, -0.25) is 9.59 Å². The summed E-state index contributed by atoms with van der Waals surface area (Å²) in [6, 6.07) is -0.957. The second-order valence-electron chi connectivity index (χ2n) is 4.09. The van der Waals surface area contributed by atoms with Gasteiger partial charge in [0, 0.05) is 5.71 Å². The van der Waals surface area contributed by atoms with Crippen LogP contribution in [-0.2, 0) is 9.59 Å². The van der Waals surface area contributed by atoms with Crippen molar-refractivity contribution in [3.63, 3.8) is 0 Å². The number of carbonyl (C=O) groups is 2. The molecule has 5 heteroatoms. The van der Waals surface area contributed by atoms with Crippen LogP contribution in [0.4, 0.5) is 0 Å². The maximum Gasteiger partial charge on any atom is 0.320 e. The zero-order chi connectivity index (χ0) is 13.6. The van der Waals surface area contributed by atoms with E-state index in [9.17, 15) is 9.59 Å². The van der Waals surface area contributed by atoms with Crippen LogP contribution < -0.4 is 5.73 Å². The van der Waals surface area contributed by atoms with Gasteiger partial charge in [-0.15, -0.1) is 0 Å². The van der Waals surface area contributed by atoms with Crippen molar-refractivity contribution >= 4 is 17.5 Å². The van der Waals surface area contributed by atoms with Crippen LogP contribution in [0.2, 0.25) is 0 Å². The van der Waals surface area contributed by atoms with E-state index in [1.54, 1.807) is 13.0 Å². The minimum absolute atomic E-state index is 0.0794. The van der Waals surface area contributed by atoms with Gasteiger partial charge >= 0.3 is 5.97 Å². The van der Waals surface area contributed by atoms with Crippen molar-refractivity contribution in [1.82, 2.24) is 0 Å². The third kappa shape index (κ3) is 5.40. The predicted octanol–water partition coefficient (Wildman–Crippen LogP) is 1.37. The normalized spacial score (nSPS) is 15.2. The Morgan fingerprint density at radius 2 is 2.00 bits per heavy atom. The zero-order valence-corrected chi connectivity index (χ0v) is 10.5. The number of ketones is 1. The molecule has 0 aliphatic heterocycles. The number of aliphatic carboxylic acids is 1. The van der Waals surface area contributed by atoms with Crippen LogP contribution in [0.3, 0.4) is 0 Å². The van der Waals surface area contributed by atoms with Gasteiger partial charge in [0.2, 0.25) is 0 Å². The molecule has 0 aliphatic carbocycles. The Balaban J connectivity index is 4.71. The van der Waals surface area contributed by atoms with Crippen molar-refractivity contribution in [3.05, 3.63) is 11.6 Å². The highest BCUT2D eigenvalue weighted by atomic mass is 16.4. The molecule has 0 saturated heterocycles. The van der Waals surface area contributed by atoms with Gasteiger partial charge < -0.3 is 16.2 Å². The number of carboxylic acid groups (broad SMARTS) is 1. The van der Waals surface area contributed by atoms with Crippen LogP contribution in [0, 0.1) is 11.3 Å². The average molecular weight is 240 g/mol. The summed E-state index contributed by atoms with van der Waals surface area (Å²) in [5.41, 5.74) is 6.40. The highest BCUT2D eigenvalue weighted by Gasteiger charge is 2.16. The van der Waals surface area contributed by atoms with Crippen LogP contribution in [-0.4, -0.2) is 28.6 Å². The highest BCUT2D eigenvalue weighted by Crippen LogP contribution is 2.12. The molecule has 0 heterocycles. The highest BCUT2D eigenvalue weighted by molar-refractivity contribution is 6.08. The minimum Gasteiger partial charge on any atom is -0.480 e. The number of hydrogen-bond donors (Lipinski definition) is 3. The van der Waals surface area contributed by atoms with E-state index in [-0.39, 0.29) is 17.9 Å². The van der Waals surface area contributed by atoms with Crippen LogP contribution in [0.5, 0.6) is 0 Å². The topological polar surface area (TPSA) is 104 Å². The summed E-state index contributed by atoms with van der Waals surface area (Å²) in [4.78, 5) is 21.7. The van der Waals surface area contributed by atoms with Crippen molar-refractivity contribution in [2.75, 3.05) is 0 Å².